The van der Waals surface area contributed by atoms with Crippen LogP contribution in [0.25, 0.3) is 0 Å². The molecule has 0 aliphatic rings. The fourth-order valence-electron chi connectivity index (χ4n) is 3.76. The molecule has 1 heterocycles. The van der Waals surface area contributed by atoms with Crippen LogP contribution in [-0.2, 0) is 25.9 Å². The van der Waals surface area contributed by atoms with Crippen molar-refractivity contribution < 1.29 is 0 Å². The van der Waals surface area contributed by atoms with E-state index in [1.807, 2.05) is 18.7 Å². The molecule has 0 saturated heterocycles. The molecule has 0 aliphatic carbocycles. The summed E-state index contributed by atoms with van der Waals surface area (Å²) in [5, 5.41) is 0. The van der Waals surface area contributed by atoms with Gasteiger partial charge in [-0.1, -0.05) is 24.3 Å². The van der Waals surface area contributed by atoms with Gasteiger partial charge in [-0.2, -0.15) is 0 Å². The van der Waals surface area contributed by atoms with Crippen molar-refractivity contribution in [3.63, 3.8) is 0 Å². The Bertz CT molecular complexity index is 928. The Labute approximate surface area is 216 Å². The molecular formula is C27H33N3Sr. The molecule has 3 nitrogen and oxygen atoms in total. The average molecular weight is 487 g/mol. The average Bonchev–Trinajstić information content (AvgIpc) is 3.31. The van der Waals surface area contributed by atoms with Crippen molar-refractivity contribution >= 4 is 43.8 Å². The first-order valence-electron chi connectivity index (χ1n) is 11.3. The molecule has 1 aromatic heterocycles. The topological polar surface area (TPSA) is 21.1 Å². The second-order valence-corrected chi connectivity index (χ2v) is 9.29. The van der Waals surface area contributed by atoms with Crippen LogP contribution < -0.4 is 0 Å². The van der Waals surface area contributed by atoms with Crippen LogP contribution in [-0.4, -0.2) is 58.2 Å². The monoisotopic (exact) mass is 487 g/mol. The predicted octanol–water partition coefficient (Wildman–Crippen LogP) is 5.40. The summed E-state index contributed by atoms with van der Waals surface area (Å²) in [6.45, 7) is 6.32. The summed E-state index contributed by atoms with van der Waals surface area (Å²) < 4.78 is 4.39. The first kappa shape index (κ1) is 24.2. The zero-order valence-corrected chi connectivity index (χ0v) is 22.4. The summed E-state index contributed by atoms with van der Waals surface area (Å²) in [7, 11) is 0. The summed E-state index contributed by atoms with van der Waals surface area (Å²) in [6, 6.07) is 18.3. The molecule has 0 fully saturated rings. The summed E-state index contributed by atoms with van der Waals surface area (Å²) in [4.78, 5) is 6.39. The molecule has 0 radical (unpaired) electrons. The molecule has 0 N–H and O–H groups in total. The van der Waals surface area contributed by atoms with Crippen LogP contribution >= 0.6 is 0 Å². The summed E-state index contributed by atoms with van der Waals surface area (Å²) in [6.07, 6.45) is 14.8. The molecule has 0 saturated carbocycles. The second kappa shape index (κ2) is 13.2. The van der Waals surface area contributed by atoms with Gasteiger partial charge in [-0.25, -0.2) is 4.98 Å². The maximum atomic E-state index is 4.11. The van der Waals surface area contributed by atoms with Gasteiger partial charge in [-0.3, -0.25) is 0 Å². The standard InChI is InChI=1S/C27H33N3.Sr/c1-4-18-29(3)20-26-13-9-24(10-14-26)7-5-23(2)6-8-25-11-15-27(16-12-25)21-30-19-17-28-22-30;/h3-4,9-19,22-23H,5-8,20-21H2,1-2H3;/b18-4-;. The van der Waals surface area contributed by atoms with Gasteiger partial charge in [-0.15, -0.1) is 0 Å². The maximum absolute atomic E-state index is 4.11. The molecule has 0 bridgehead atoms. The fourth-order valence-corrected chi connectivity index (χ4v) is 4.38. The van der Waals surface area contributed by atoms with Crippen LogP contribution in [0.5, 0.6) is 0 Å². The van der Waals surface area contributed by atoms with Gasteiger partial charge >= 0.3 is 148 Å². The van der Waals surface area contributed by atoms with E-state index < -0.39 is 0 Å². The van der Waals surface area contributed by atoms with Crippen LogP contribution in [0, 0.1) is 5.92 Å². The second-order valence-electron chi connectivity index (χ2n) is 8.39. The van der Waals surface area contributed by atoms with Crippen molar-refractivity contribution in [1.29, 1.82) is 0 Å². The Morgan fingerprint density at radius 2 is 1.52 bits per heavy atom. The number of aromatic nitrogens is 2. The van der Waals surface area contributed by atoms with E-state index in [1.54, 1.807) is 0 Å². The Morgan fingerprint density at radius 3 is 2.03 bits per heavy atom. The first-order valence-corrected chi connectivity index (χ1v) is 13.3. The van der Waals surface area contributed by atoms with E-state index in [4.69, 9.17) is 0 Å². The molecule has 3 aromatic rings. The van der Waals surface area contributed by atoms with Gasteiger partial charge in [0.25, 0.3) is 0 Å². The predicted molar refractivity (Wildman–Crippen MR) is 132 cm³/mol. The number of hydrogen-bond donors (Lipinski definition) is 0. The number of hydrogen-bond acceptors (Lipinski definition) is 2. The molecule has 1 atom stereocenters. The minimum atomic E-state index is 0.733. The molecule has 2 aromatic carbocycles. The Morgan fingerprint density at radius 1 is 0.935 bits per heavy atom. The minimum absolute atomic E-state index is 0.733. The molecule has 158 valence electrons. The van der Waals surface area contributed by atoms with E-state index in [0.717, 1.165) is 74.6 Å². The molecule has 0 amide bonds. The molecule has 31 heavy (non-hydrogen) atoms. The molecular weight excluding hydrogens is 454 g/mol. The molecule has 0 aliphatic heterocycles. The van der Waals surface area contributed by atoms with Crippen molar-refractivity contribution in [2.75, 3.05) is 0 Å². The van der Waals surface area contributed by atoms with E-state index in [2.05, 4.69) is 90.2 Å². The summed E-state index contributed by atoms with van der Waals surface area (Å²) >= 11 is 0.853. The quantitative estimate of drug-likeness (QED) is 0.320. The third kappa shape index (κ3) is 8.53. The number of rotatable bonds is 12. The van der Waals surface area contributed by atoms with Crippen LogP contribution in [0.4, 0.5) is 0 Å². The molecule has 1 unspecified atom stereocenters. The number of aryl methyl sites for hydroxylation is 2. The number of allylic oxidation sites excluding steroid dienone is 1. The SMILES string of the molecule is C/C=C\N([CH]=[Sr])Cc1ccc(CCC(C)CCc2ccc(Cn3ccnc3)cc2)cc1. The van der Waals surface area contributed by atoms with Gasteiger partial charge in [0.1, 0.15) is 0 Å². The van der Waals surface area contributed by atoms with Crippen LogP contribution in [0.1, 0.15) is 48.9 Å². The van der Waals surface area contributed by atoms with Gasteiger partial charge < -0.3 is 4.57 Å². The molecule has 0 spiro atoms. The van der Waals surface area contributed by atoms with Gasteiger partial charge in [0.2, 0.25) is 0 Å². The summed E-state index contributed by atoms with van der Waals surface area (Å²) in [5.74, 6) is 0.733. The first-order chi connectivity index (χ1) is 15.2. The van der Waals surface area contributed by atoms with Gasteiger partial charge in [0.15, 0.2) is 0 Å². The van der Waals surface area contributed by atoms with Gasteiger partial charge in [0.05, 0.1) is 6.33 Å². The number of nitrogens with zero attached hydrogens (tertiary/aromatic N) is 3. The van der Waals surface area contributed by atoms with Crippen molar-refractivity contribution in [2.24, 2.45) is 5.92 Å². The zero-order chi connectivity index (χ0) is 21.9. The zero-order valence-electron chi connectivity index (χ0n) is 19.0. The Hall–Kier alpha value is -1.46. The third-order valence-electron chi connectivity index (χ3n) is 5.76. The number of benzene rings is 2. The van der Waals surface area contributed by atoms with E-state index in [0.29, 0.717) is 0 Å². The van der Waals surface area contributed by atoms with E-state index >= 15 is 0 Å². The van der Waals surface area contributed by atoms with Crippen LogP contribution in [0.15, 0.2) is 79.5 Å². The fraction of sp³-hybridized carbons (Fsp3) is 0.333. The van der Waals surface area contributed by atoms with Crippen LogP contribution in [0.2, 0.25) is 0 Å². The molecule has 3 rings (SSSR count). The third-order valence-corrected chi connectivity index (χ3v) is 6.91. The number of imidazole rings is 1. The molecule has 4 heteroatoms. The van der Waals surface area contributed by atoms with Crippen molar-refractivity contribution in [2.45, 2.75) is 52.6 Å². The van der Waals surface area contributed by atoms with E-state index in [-0.39, 0.29) is 0 Å². The van der Waals surface area contributed by atoms with Crippen LogP contribution in [0.3, 0.4) is 0 Å². The van der Waals surface area contributed by atoms with E-state index in [9.17, 15) is 0 Å². The van der Waals surface area contributed by atoms with Crippen molar-refractivity contribution in [1.82, 2.24) is 14.5 Å². The van der Waals surface area contributed by atoms with Gasteiger partial charge in [0, 0.05) is 18.9 Å². The van der Waals surface area contributed by atoms with Gasteiger partial charge in [-0.05, 0) is 11.1 Å². The van der Waals surface area contributed by atoms with Crippen molar-refractivity contribution in [3.05, 3.63) is 102 Å². The summed E-state index contributed by atoms with van der Waals surface area (Å²) in [5.41, 5.74) is 5.59. The Kier molecular flexibility index (Phi) is 10.3. The Balaban J connectivity index is 1.39. The van der Waals surface area contributed by atoms with E-state index in [1.165, 1.54) is 35.1 Å². The normalized spacial score (nSPS) is 12.3. The van der Waals surface area contributed by atoms with Crippen molar-refractivity contribution in [3.8, 4) is 0 Å².